The van der Waals surface area contributed by atoms with Gasteiger partial charge < -0.3 is 5.32 Å². The SMILES string of the molecule is CC1=CNC2CCCCCC2=C1. The molecule has 1 heteroatoms. The Bertz CT molecular complexity index is 225. The Kier molecular flexibility index (Phi) is 2.20. The van der Waals surface area contributed by atoms with E-state index in [1.54, 1.807) is 5.57 Å². The Labute approximate surface area is 74.5 Å². The second-order valence-corrected chi connectivity index (χ2v) is 3.93. The van der Waals surface area contributed by atoms with Crippen molar-refractivity contribution < 1.29 is 0 Å². The van der Waals surface area contributed by atoms with Crippen LogP contribution in [0.4, 0.5) is 0 Å². The highest BCUT2D eigenvalue weighted by molar-refractivity contribution is 5.29. The molecule has 66 valence electrons. The largest absolute Gasteiger partial charge is 0.384 e. The maximum Gasteiger partial charge on any atom is 0.0471 e. The molecule has 0 bridgehead atoms. The Morgan fingerprint density at radius 1 is 1.33 bits per heavy atom. The van der Waals surface area contributed by atoms with Crippen molar-refractivity contribution in [1.29, 1.82) is 0 Å². The molecule has 1 fully saturated rings. The van der Waals surface area contributed by atoms with Crippen molar-refractivity contribution in [3.8, 4) is 0 Å². The average Bonchev–Trinajstić information content (AvgIpc) is 2.28. The summed E-state index contributed by atoms with van der Waals surface area (Å²) >= 11 is 0. The van der Waals surface area contributed by atoms with Gasteiger partial charge in [0.15, 0.2) is 0 Å². The van der Waals surface area contributed by atoms with Crippen molar-refractivity contribution in [2.45, 2.75) is 45.1 Å². The lowest BCUT2D eigenvalue weighted by atomic mass is 9.97. The van der Waals surface area contributed by atoms with Crippen molar-refractivity contribution in [3.63, 3.8) is 0 Å². The van der Waals surface area contributed by atoms with Gasteiger partial charge in [0.25, 0.3) is 0 Å². The highest BCUT2D eigenvalue weighted by Gasteiger charge is 2.17. The molecule has 1 aliphatic heterocycles. The van der Waals surface area contributed by atoms with Gasteiger partial charge in [-0.25, -0.2) is 0 Å². The van der Waals surface area contributed by atoms with Gasteiger partial charge in [-0.1, -0.05) is 18.9 Å². The van der Waals surface area contributed by atoms with Crippen molar-refractivity contribution in [3.05, 3.63) is 23.4 Å². The molecule has 1 aliphatic carbocycles. The average molecular weight is 163 g/mol. The molecule has 1 heterocycles. The molecule has 2 rings (SSSR count). The maximum absolute atomic E-state index is 3.48. The van der Waals surface area contributed by atoms with E-state index in [1.807, 2.05) is 0 Å². The minimum Gasteiger partial charge on any atom is -0.384 e. The first-order valence-corrected chi connectivity index (χ1v) is 4.99. The van der Waals surface area contributed by atoms with E-state index in [4.69, 9.17) is 0 Å². The van der Waals surface area contributed by atoms with Gasteiger partial charge in [0.2, 0.25) is 0 Å². The van der Waals surface area contributed by atoms with Gasteiger partial charge in [0.05, 0.1) is 0 Å². The number of rotatable bonds is 0. The lowest BCUT2D eigenvalue weighted by molar-refractivity contribution is 0.587. The molecule has 1 unspecified atom stereocenters. The predicted octanol–water partition coefficient (Wildman–Crippen LogP) is 2.75. The van der Waals surface area contributed by atoms with Gasteiger partial charge in [-0.15, -0.1) is 0 Å². The quantitative estimate of drug-likeness (QED) is 0.579. The zero-order chi connectivity index (χ0) is 8.39. The predicted molar refractivity (Wildman–Crippen MR) is 51.8 cm³/mol. The molecule has 0 aromatic carbocycles. The fourth-order valence-corrected chi connectivity index (χ4v) is 2.14. The third kappa shape index (κ3) is 1.55. The molecule has 0 aromatic heterocycles. The molecule has 2 aliphatic rings. The molecule has 1 nitrogen and oxygen atoms in total. The highest BCUT2D eigenvalue weighted by atomic mass is 14.9. The number of fused-ring (bicyclic) bond motifs is 1. The molecule has 1 saturated carbocycles. The molecule has 12 heavy (non-hydrogen) atoms. The molecule has 0 saturated heterocycles. The summed E-state index contributed by atoms with van der Waals surface area (Å²) in [7, 11) is 0. The van der Waals surface area contributed by atoms with Gasteiger partial charge >= 0.3 is 0 Å². The summed E-state index contributed by atoms with van der Waals surface area (Å²) in [6, 6.07) is 0.663. The van der Waals surface area contributed by atoms with Crippen LogP contribution in [0.15, 0.2) is 23.4 Å². The minimum atomic E-state index is 0.663. The molecule has 0 aromatic rings. The van der Waals surface area contributed by atoms with Crippen LogP contribution in [0.1, 0.15) is 39.0 Å². The third-order valence-electron chi connectivity index (χ3n) is 2.83. The lowest BCUT2D eigenvalue weighted by Crippen LogP contribution is -2.28. The monoisotopic (exact) mass is 163 g/mol. The first-order valence-electron chi connectivity index (χ1n) is 4.99. The Balaban J connectivity index is 2.15. The van der Waals surface area contributed by atoms with Crippen LogP contribution in [0.5, 0.6) is 0 Å². The summed E-state index contributed by atoms with van der Waals surface area (Å²) in [5.41, 5.74) is 3.01. The fourth-order valence-electron chi connectivity index (χ4n) is 2.14. The van der Waals surface area contributed by atoms with E-state index >= 15 is 0 Å². The molecular weight excluding hydrogens is 146 g/mol. The van der Waals surface area contributed by atoms with Crippen molar-refractivity contribution in [1.82, 2.24) is 5.32 Å². The zero-order valence-electron chi connectivity index (χ0n) is 7.77. The summed E-state index contributed by atoms with van der Waals surface area (Å²) in [5, 5.41) is 3.48. The van der Waals surface area contributed by atoms with Gasteiger partial charge in [-0.3, -0.25) is 0 Å². The van der Waals surface area contributed by atoms with Crippen LogP contribution in [-0.4, -0.2) is 6.04 Å². The Morgan fingerprint density at radius 3 is 3.17 bits per heavy atom. The van der Waals surface area contributed by atoms with Crippen LogP contribution in [0.25, 0.3) is 0 Å². The van der Waals surface area contributed by atoms with Crippen LogP contribution < -0.4 is 5.32 Å². The molecule has 0 radical (unpaired) electrons. The van der Waals surface area contributed by atoms with E-state index < -0.39 is 0 Å². The van der Waals surface area contributed by atoms with Crippen molar-refractivity contribution >= 4 is 0 Å². The second kappa shape index (κ2) is 3.34. The van der Waals surface area contributed by atoms with Crippen molar-refractivity contribution in [2.24, 2.45) is 0 Å². The van der Waals surface area contributed by atoms with E-state index in [0.717, 1.165) is 0 Å². The van der Waals surface area contributed by atoms with Gasteiger partial charge in [-0.2, -0.15) is 0 Å². The molecular formula is C11H17N. The summed E-state index contributed by atoms with van der Waals surface area (Å²) < 4.78 is 0. The van der Waals surface area contributed by atoms with Gasteiger partial charge in [0, 0.05) is 6.04 Å². The van der Waals surface area contributed by atoms with E-state index in [-0.39, 0.29) is 0 Å². The summed E-state index contributed by atoms with van der Waals surface area (Å²) in [4.78, 5) is 0. The molecule has 0 spiro atoms. The van der Waals surface area contributed by atoms with Crippen LogP contribution in [-0.2, 0) is 0 Å². The number of nitrogens with one attached hydrogen (secondary N) is 1. The van der Waals surface area contributed by atoms with Crippen LogP contribution in [0, 0.1) is 0 Å². The molecule has 1 atom stereocenters. The highest BCUT2D eigenvalue weighted by Crippen LogP contribution is 2.26. The standard InChI is InChI=1S/C11H17N/c1-9-7-10-5-3-2-4-6-11(10)12-8-9/h7-8,11-12H,2-6H2,1H3. The lowest BCUT2D eigenvalue weighted by Gasteiger charge is -2.22. The topological polar surface area (TPSA) is 12.0 Å². The fraction of sp³-hybridized carbons (Fsp3) is 0.636. The summed E-state index contributed by atoms with van der Waals surface area (Å²) in [6.45, 7) is 2.17. The summed E-state index contributed by atoms with van der Waals surface area (Å²) in [5.74, 6) is 0. The summed E-state index contributed by atoms with van der Waals surface area (Å²) in [6.07, 6.45) is 11.3. The van der Waals surface area contributed by atoms with E-state index in [9.17, 15) is 0 Å². The zero-order valence-corrected chi connectivity index (χ0v) is 7.77. The van der Waals surface area contributed by atoms with E-state index in [0.29, 0.717) is 6.04 Å². The van der Waals surface area contributed by atoms with Crippen LogP contribution >= 0.6 is 0 Å². The third-order valence-corrected chi connectivity index (χ3v) is 2.83. The number of hydrogen-bond donors (Lipinski definition) is 1. The van der Waals surface area contributed by atoms with Gasteiger partial charge in [-0.05, 0) is 43.5 Å². The van der Waals surface area contributed by atoms with Crippen LogP contribution in [0.2, 0.25) is 0 Å². The minimum absolute atomic E-state index is 0.663. The first kappa shape index (κ1) is 7.90. The number of dihydropyridines is 1. The molecule has 1 N–H and O–H groups in total. The Morgan fingerprint density at radius 2 is 2.25 bits per heavy atom. The second-order valence-electron chi connectivity index (χ2n) is 3.93. The van der Waals surface area contributed by atoms with E-state index in [2.05, 4.69) is 24.5 Å². The number of allylic oxidation sites excluding steroid dienone is 2. The Hall–Kier alpha value is -0.720. The maximum atomic E-state index is 3.48. The van der Waals surface area contributed by atoms with Crippen molar-refractivity contribution in [2.75, 3.05) is 0 Å². The van der Waals surface area contributed by atoms with Crippen LogP contribution in [0.3, 0.4) is 0 Å². The molecule has 0 amide bonds. The normalized spacial score (nSPS) is 29.2. The van der Waals surface area contributed by atoms with Gasteiger partial charge in [0.1, 0.15) is 0 Å². The van der Waals surface area contributed by atoms with E-state index in [1.165, 1.54) is 37.7 Å². The first-order chi connectivity index (χ1) is 5.86. The smallest absolute Gasteiger partial charge is 0.0471 e. The number of hydrogen-bond acceptors (Lipinski definition) is 1.